The van der Waals surface area contributed by atoms with Crippen LogP contribution in [0.3, 0.4) is 0 Å². The van der Waals surface area contributed by atoms with Crippen molar-refractivity contribution in [3.63, 3.8) is 0 Å². The molecule has 0 unspecified atom stereocenters. The van der Waals surface area contributed by atoms with Crippen molar-refractivity contribution in [2.24, 2.45) is 0 Å². The van der Waals surface area contributed by atoms with Gasteiger partial charge in [-0.05, 0) is 30.4 Å². The molecule has 1 rings (SSSR count). The van der Waals surface area contributed by atoms with Crippen molar-refractivity contribution >= 4 is 11.3 Å². The maximum absolute atomic E-state index is 4.97. The van der Waals surface area contributed by atoms with E-state index in [1.54, 1.807) is 18.4 Å². The first-order chi connectivity index (χ1) is 4.84. The molecule has 0 saturated heterocycles. The summed E-state index contributed by atoms with van der Waals surface area (Å²) >= 11 is 1.80. The molecule has 0 aliphatic heterocycles. The Labute approximate surface area is 65.6 Å². The zero-order valence-corrected chi connectivity index (χ0v) is 7.20. The molecule has 0 aromatic carbocycles. The van der Waals surface area contributed by atoms with Crippen molar-refractivity contribution in [1.29, 1.82) is 0 Å². The van der Waals surface area contributed by atoms with Gasteiger partial charge in [-0.1, -0.05) is 0 Å². The first kappa shape index (κ1) is 7.76. The largest absolute Gasteiger partial charge is 0.384 e. The van der Waals surface area contributed by atoms with E-state index < -0.39 is 0 Å². The van der Waals surface area contributed by atoms with E-state index >= 15 is 0 Å². The molecule has 0 fully saturated rings. The fraction of sp³-hybridized carbons (Fsp3) is 0.500. The first-order valence-electron chi connectivity index (χ1n) is 3.36. The molecule has 0 spiro atoms. The third-order valence-electron chi connectivity index (χ3n) is 1.54. The van der Waals surface area contributed by atoms with E-state index in [2.05, 4.69) is 18.4 Å². The van der Waals surface area contributed by atoms with Crippen LogP contribution in [0.1, 0.15) is 10.4 Å². The minimum absolute atomic E-state index is 0.831. The third kappa shape index (κ3) is 1.82. The third-order valence-corrected chi connectivity index (χ3v) is 2.43. The highest BCUT2D eigenvalue weighted by molar-refractivity contribution is 7.10. The molecule has 0 saturated carbocycles. The molecule has 1 aromatic rings. The zero-order chi connectivity index (χ0) is 7.40. The fourth-order valence-electron chi connectivity index (χ4n) is 0.883. The van der Waals surface area contributed by atoms with Crippen molar-refractivity contribution in [1.82, 2.24) is 0 Å². The standard InChI is InChI=1S/C8H12OS/c1-7-8(3-5-9-2)4-6-10-7/h4,6H,3,5H2,1-2H3. The maximum atomic E-state index is 4.97. The number of hydrogen-bond donors (Lipinski definition) is 0. The van der Waals surface area contributed by atoms with Crippen LogP contribution >= 0.6 is 11.3 Å². The predicted octanol–water partition coefficient (Wildman–Crippen LogP) is 2.25. The Hall–Kier alpha value is -0.340. The average Bonchev–Trinajstić information content (AvgIpc) is 2.31. The van der Waals surface area contributed by atoms with E-state index in [0.717, 1.165) is 13.0 Å². The number of aryl methyl sites for hydroxylation is 1. The molecule has 1 nitrogen and oxygen atoms in total. The zero-order valence-electron chi connectivity index (χ0n) is 6.39. The summed E-state index contributed by atoms with van der Waals surface area (Å²) in [7, 11) is 1.74. The molecular formula is C8H12OS. The van der Waals surface area contributed by atoms with Gasteiger partial charge < -0.3 is 4.74 Å². The topological polar surface area (TPSA) is 9.23 Å². The van der Waals surface area contributed by atoms with Gasteiger partial charge in [-0.3, -0.25) is 0 Å². The van der Waals surface area contributed by atoms with Crippen LogP contribution in [0.4, 0.5) is 0 Å². The van der Waals surface area contributed by atoms with Crippen LogP contribution in [-0.4, -0.2) is 13.7 Å². The van der Waals surface area contributed by atoms with Crippen LogP contribution in [0.15, 0.2) is 11.4 Å². The van der Waals surface area contributed by atoms with Gasteiger partial charge in [0.25, 0.3) is 0 Å². The van der Waals surface area contributed by atoms with Crippen molar-refractivity contribution in [3.05, 3.63) is 21.9 Å². The minimum Gasteiger partial charge on any atom is -0.384 e. The van der Waals surface area contributed by atoms with Gasteiger partial charge in [-0.25, -0.2) is 0 Å². The second-order valence-electron chi connectivity index (χ2n) is 2.24. The molecule has 0 aliphatic rings. The van der Waals surface area contributed by atoms with E-state index in [-0.39, 0.29) is 0 Å². The number of rotatable bonds is 3. The number of thiophene rings is 1. The highest BCUT2D eigenvalue weighted by atomic mass is 32.1. The SMILES string of the molecule is COCCc1ccsc1C. The van der Waals surface area contributed by atoms with E-state index in [0.29, 0.717) is 0 Å². The van der Waals surface area contributed by atoms with E-state index in [4.69, 9.17) is 4.74 Å². The molecule has 0 aliphatic carbocycles. The summed E-state index contributed by atoms with van der Waals surface area (Å²) in [5.41, 5.74) is 1.42. The molecular weight excluding hydrogens is 144 g/mol. The first-order valence-corrected chi connectivity index (χ1v) is 4.24. The Morgan fingerprint density at radius 3 is 2.90 bits per heavy atom. The highest BCUT2D eigenvalue weighted by Gasteiger charge is 1.96. The van der Waals surface area contributed by atoms with Gasteiger partial charge in [0, 0.05) is 12.0 Å². The van der Waals surface area contributed by atoms with Gasteiger partial charge in [0.1, 0.15) is 0 Å². The van der Waals surface area contributed by atoms with Gasteiger partial charge in [0.15, 0.2) is 0 Å². The van der Waals surface area contributed by atoms with Crippen LogP contribution in [0, 0.1) is 6.92 Å². The van der Waals surface area contributed by atoms with Gasteiger partial charge in [0.05, 0.1) is 6.61 Å². The van der Waals surface area contributed by atoms with E-state index in [1.165, 1.54) is 10.4 Å². The summed E-state index contributed by atoms with van der Waals surface area (Å²) < 4.78 is 4.97. The molecule has 56 valence electrons. The monoisotopic (exact) mass is 156 g/mol. The predicted molar refractivity (Wildman–Crippen MR) is 44.6 cm³/mol. The Balaban J connectivity index is 2.49. The summed E-state index contributed by atoms with van der Waals surface area (Å²) in [5.74, 6) is 0. The Morgan fingerprint density at radius 2 is 2.40 bits per heavy atom. The average molecular weight is 156 g/mol. The summed E-state index contributed by atoms with van der Waals surface area (Å²) in [6.45, 7) is 2.98. The Bertz CT molecular complexity index is 193. The van der Waals surface area contributed by atoms with Crippen LogP contribution in [0.2, 0.25) is 0 Å². The summed E-state index contributed by atoms with van der Waals surface area (Å²) in [5, 5.41) is 2.13. The normalized spacial score (nSPS) is 10.2. The molecule has 1 aromatic heterocycles. The summed E-state index contributed by atoms with van der Waals surface area (Å²) in [6.07, 6.45) is 1.05. The van der Waals surface area contributed by atoms with Gasteiger partial charge in [0.2, 0.25) is 0 Å². The van der Waals surface area contributed by atoms with Gasteiger partial charge >= 0.3 is 0 Å². The summed E-state index contributed by atoms with van der Waals surface area (Å²) in [6, 6.07) is 2.17. The van der Waals surface area contributed by atoms with Crippen LogP contribution in [0.5, 0.6) is 0 Å². The Morgan fingerprint density at radius 1 is 1.60 bits per heavy atom. The van der Waals surface area contributed by atoms with E-state index in [1.807, 2.05) is 0 Å². The van der Waals surface area contributed by atoms with Crippen molar-refractivity contribution in [3.8, 4) is 0 Å². The smallest absolute Gasteiger partial charge is 0.0503 e. The van der Waals surface area contributed by atoms with Crippen LogP contribution in [0.25, 0.3) is 0 Å². The number of methoxy groups -OCH3 is 1. The lowest BCUT2D eigenvalue weighted by Gasteiger charge is -1.96. The van der Waals surface area contributed by atoms with Gasteiger partial charge in [-0.2, -0.15) is 0 Å². The number of hydrogen-bond acceptors (Lipinski definition) is 2. The quantitative estimate of drug-likeness (QED) is 0.652. The lowest BCUT2D eigenvalue weighted by atomic mass is 10.2. The maximum Gasteiger partial charge on any atom is 0.0503 e. The molecule has 2 heteroatoms. The van der Waals surface area contributed by atoms with Crippen LogP contribution in [-0.2, 0) is 11.2 Å². The van der Waals surface area contributed by atoms with Crippen molar-refractivity contribution in [2.45, 2.75) is 13.3 Å². The minimum atomic E-state index is 0.831. The molecule has 0 radical (unpaired) electrons. The Kier molecular flexibility index (Phi) is 2.90. The molecule has 0 atom stereocenters. The van der Waals surface area contributed by atoms with Crippen molar-refractivity contribution in [2.75, 3.05) is 13.7 Å². The highest BCUT2D eigenvalue weighted by Crippen LogP contribution is 2.14. The molecule has 1 heterocycles. The van der Waals surface area contributed by atoms with Crippen LogP contribution < -0.4 is 0 Å². The summed E-state index contributed by atoms with van der Waals surface area (Å²) in [4.78, 5) is 1.41. The second-order valence-corrected chi connectivity index (χ2v) is 3.37. The second kappa shape index (κ2) is 3.74. The number of ether oxygens (including phenoxy) is 1. The lowest BCUT2D eigenvalue weighted by molar-refractivity contribution is 0.202. The lowest BCUT2D eigenvalue weighted by Crippen LogP contribution is -1.93. The molecule has 10 heavy (non-hydrogen) atoms. The van der Waals surface area contributed by atoms with Gasteiger partial charge in [-0.15, -0.1) is 11.3 Å². The molecule has 0 amide bonds. The fourth-order valence-corrected chi connectivity index (χ4v) is 1.64. The van der Waals surface area contributed by atoms with E-state index in [9.17, 15) is 0 Å². The molecule has 0 bridgehead atoms. The van der Waals surface area contributed by atoms with Crippen molar-refractivity contribution < 1.29 is 4.74 Å². The molecule has 0 N–H and O–H groups in total.